The van der Waals surface area contributed by atoms with E-state index in [2.05, 4.69) is 10.3 Å². The van der Waals surface area contributed by atoms with E-state index in [0.29, 0.717) is 5.75 Å². The number of nitrogens with zero attached hydrogens (tertiary/aromatic N) is 1. The van der Waals surface area contributed by atoms with Crippen LogP contribution in [0.5, 0.6) is 0 Å². The van der Waals surface area contributed by atoms with E-state index in [1.54, 1.807) is 32.1 Å². The summed E-state index contributed by atoms with van der Waals surface area (Å²) in [5.74, 6) is -0.378. The molecule has 2 N–H and O–H groups in total. The van der Waals surface area contributed by atoms with Crippen molar-refractivity contribution in [3.63, 3.8) is 0 Å². The maximum Gasteiger partial charge on any atom is 0.326 e. The lowest BCUT2D eigenvalue weighted by atomic mass is 9.87. The van der Waals surface area contributed by atoms with Crippen molar-refractivity contribution in [2.24, 2.45) is 5.41 Å². The number of aromatic nitrogens is 1. The van der Waals surface area contributed by atoms with Gasteiger partial charge < -0.3 is 10.4 Å². The summed E-state index contributed by atoms with van der Waals surface area (Å²) in [7, 11) is 0. The molecule has 0 radical (unpaired) electrons. The SMILES string of the molecule is Cc1nc(CSCC(=O)NC(C(=O)O)C(C)(C)C)cs1. The van der Waals surface area contributed by atoms with Crippen molar-refractivity contribution in [2.75, 3.05) is 5.75 Å². The molecule has 5 nitrogen and oxygen atoms in total. The normalized spacial score (nSPS) is 13.0. The van der Waals surface area contributed by atoms with Crippen LogP contribution in [0.25, 0.3) is 0 Å². The average molecular weight is 316 g/mol. The number of aliphatic carboxylic acids is 1. The number of carbonyl (C=O) groups is 2. The Morgan fingerprint density at radius 2 is 2.15 bits per heavy atom. The molecule has 0 spiro atoms. The zero-order chi connectivity index (χ0) is 15.3. The summed E-state index contributed by atoms with van der Waals surface area (Å²) >= 11 is 3.01. The van der Waals surface area contributed by atoms with E-state index in [1.165, 1.54) is 11.8 Å². The summed E-state index contributed by atoms with van der Waals surface area (Å²) in [4.78, 5) is 27.2. The average Bonchev–Trinajstić information content (AvgIpc) is 2.70. The van der Waals surface area contributed by atoms with Gasteiger partial charge in [0.05, 0.1) is 16.5 Å². The molecule has 1 aromatic rings. The lowest BCUT2D eigenvalue weighted by molar-refractivity contribution is -0.144. The van der Waals surface area contributed by atoms with Crippen LogP contribution >= 0.6 is 23.1 Å². The zero-order valence-corrected chi connectivity index (χ0v) is 13.7. The largest absolute Gasteiger partial charge is 0.480 e. The molecule has 20 heavy (non-hydrogen) atoms. The number of nitrogens with one attached hydrogen (secondary N) is 1. The Kier molecular flexibility index (Phi) is 6.01. The highest BCUT2D eigenvalue weighted by molar-refractivity contribution is 7.99. The number of carboxylic acid groups (broad SMARTS) is 1. The molecule has 0 bridgehead atoms. The van der Waals surface area contributed by atoms with E-state index in [4.69, 9.17) is 5.11 Å². The quantitative estimate of drug-likeness (QED) is 0.842. The van der Waals surface area contributed by atoms with Gasteiger partial charge in [-0.25, -0.2) is 9.78 Å². The molecule has 1 atom stereocenters. The smallest absolute Gasteiger partial charge is 0.326 e. The molecule has 0 fully saturated rings. The molecular weight excluding hydrogens is 296 g/mol. The summed E-state index contributed by atoms with van der Waals surface area (Å²) in [6.07, 6.45) is 0. The Balaban J connectivity index is 2.41. The fraction of sp³-hybridized carbons (Fsp3) is 0.615. The van der Waals surface area contributed by atoms with E-state index >= 15 is 0 Å². The first-order valence-electron chi connectivity index (χ1n) is 6.21. The molecule has 1 rings (SSSR count). The van der Waals surface area contributed by atoms with Crippen LogP contribution < -0.4 is 5.32 Å². The first-order chi connectivity index (χ1) is 9.20. The molecule has 112 valence electrons. The van der Waals surface area contributed by atoms with Crippen LogP contribution in [0, 0.1) is 12.3 Å². The van der Waals surface area contributed by atoms with Crippen molar-refractivity contribution in [2.45, 2.75) is 39.5 Å². The van der Waals surface area contributed by atoms with Gasteiger partial charge in [0.15, 0.2) is 0 Å². The molecule has 0 saturated carbocycles. The first-order valence-corrected chi connectivity index (χ1v) is 8.24. The van der Waals surface area contributed by atoms with E-state index in [-0.39, 0.29) is 11.7 Å². The standard InChI is InChI=1S/C13H20N2O3S2/c1-8-14-9(6-20-8)5-19-7-10(16)15-11(12(17)18)13(2,3)4/h6,11H,5,7H2,1-4H3,(H,15,16)(H,17,18). The number of rotatable bonds is 6. The van der Waals surface area contributed by atoms with Crippen LogP contribution in [-0.2, 0) is 15.3 Å². The summed E-state index contributed by atoms with van der Waals surface area (Å²) in [6.45, 7) is 7.30. The molecule has 0 aliphatic carbocycles. The Bertz CT molecular complexity index is 480. The predicted molar refractivity (Wildman–Crippen MR) is 82.0 cm³/mol. The number of carbonyl (C=O) groups excluding carboxylic acids is 1. The molecular formula is C13H20N2O3S2. The van der Waals surface area contributed by atoms with Gasteiger partial charge in [0, 0.05) is 11.1 Å². The molecule has 1 unspecified atom stereocenters. The van der Waals surface area contributed by atoms with Gasteiger partial charge in [0.25, 0.3) is 0 Å². The molecule has 7 heteroatoms. The van der Waals surface area contributed by atoms with Crippen LogP contribution in [0.4, 0.5) is 0 Å². The Hall–Kier alpha value is -1.08. The molecule has 1 aromatic heterocycles. The number of hydrogen-bond acceptors (Lipinski definition) is 5. The van der Waals surface area contributed by atoms with Gasteiger partial charge >= 0.3 is 5.97 Å². The second-order valence-corrected chi connectivity index (χ2v) is 7.60. The van der Waals surface area contributed by atoms with Crippen LogP contribution in [-0.4, -0.2) is 33.8 Å². The number of aryl methyl sites for hydroxylation is 1. The fourth-order valence-electron chi connectivity index (χ4n) is 1.57. The van der Waals surface area contributed by atoms with Gasteiger partial charge in [0.2, 0.25) is 5.91 Å². The number of hydrogen-bond donors (Lipinski definition) is 2. The lowest BCUT2D eigenvalue weighted by Gasteiger charge is -2.27. The highest BCUT2D eigenvalue weighted by Crippen LogP contribution is 2.20. The van der Waals surface area contributed by atoms with Crippen molar-refractivity contribution in [3.05, 3.63) is 16.1 Å². The molecule has 1 amide bonds. The van der Waals surface area contributed by atoms with Crippen molar-refractivity contribution in [3.8, 4) is 0 Å². The first kappa shape index (κ1) is 17.0. The van der Waals surface area contributed by atoms with Crippen molar-refractivity contribution >= 4 is 35.0 Å². The van der Waals surface area contributed by atoms with Gasteiger partial charge in [-0.15, -0.1) is 23.1 Å². The molecule has 0 aliphatic heterocycles. The monoisotopic (exact) mass is 316 g/mol. The van der Waals surface area contributed by atoms with E-state index in [0.717, 1.165) is 10.7 Å². The number of thiazole rings is 1. The second-order valence-electron chi connectivity index (χ2n) is 5.56. The van der Waals surface area contributed by atoms with Gasteiger partial charge in [-0.05, 0) is 12.3 Å². The minimum Gasteiger partial charge on any atom is -0.480 e. The maximum atomic E-state index is 11.8. The van der Waals surface area contributed by atoms with Crippen molar-refractivity contribution < 1.29 is 14.7 Å². The minimum absolute atomic E-state index is 0.233. The van der Waals surface area contributed by atoms with E-state index < -0.39 is 17.4 Å². The Labute approximate surface area is 127 Å². The Morgan fingerprint density at radius 1 is 1.50 bits per heavy atom. The molecule has 0 aromatic carbocycles. The van der Waals surface area contributed by atoms with Gasteiger partial charge in [-0.1, -0.05) is 20.8 Å². The highest BCUT2D eigenvalue weighted by Gasteiger charge is 2.32. The summed E-state index contributed by atoms with van der Waals surface area (Å²) in [5, 5.41) is 14.7. The van der Waals surface area contributed by atoms with E-state index in [9.17, 15) is 9.59 Å². The second kappa shape index (κ2) is 7.08. The number of amides is 1. The van der Waals surface area contributed by atoms with Crippen molar-refractivity contribution in [1.82, 2.24) is 10.3 Å². The minimum atomic E-state index is -1.01. The maximum absolute atomic E-state index is 11.8. The number of carboxylic acids is 1. The summed E-state index contributed by atoms with van der Waals surface area (Å²) < 4.78 is 0. The van der Waals surface area contributed by atoms with Crippen LogP contribution in [0.15, 0.2) is 5.38 Å². The fourth-order valence-corrected chi connectivity index (χ4v) is 3.02. The number of thioether (sulfide) groups is 1. The predicted octanol–water partition coefficient (Wildman–Crippen LogP) is 2.30. The van der Waals surface area contributed by atoms with Crippen LogP contribution in [0.2, 0.25) is 0 Å². The third kappa shape index (κ3) is 5.50. The Morgan fingerprint density at radius 3 is 2.60 bits per heavy atom. The lowest BCUT2D eigenvalue weighted by Crippen LogP contribution is -2.49. The highest BCUT2D eigenvalue weighted by atomic mass is 32.2. The summed E-state index contributed by atoms with van der Waals surface area (Å²) in [5.41, 5.74) is 0.439. The third-order valence-electron chi connectivity index (χ3n) is 2.57. The van der Waals surface area contributed by atoms with Gasteiger partial charge in [0.1, 0.15) is 6.04 Å². The van der Waals surface area contributed by atoms with Crippen LogP contribution in [0.3, 0.4) is 0 Å². The van der Waals surface area contributed by atoms with Gasteiger partial charge in [-0.3, -0.25) is 4.79 Å². The van der Waals surface area contributed by atoms with E-state index in [1.807, 2.05) is 12.3 Å². The molecule has 1 heterocycles. The zero-order valence-electron chi connectivity index (χ0n) is 12.1. The molecule has 0 aliphatic rings. The van der Waals surface area contributed by atoms with Gasteiger partial charge in [-0.2, -0.15) is 0 Å². The van der Waals surface area contributed by atoms with Crippen molar-refractivity contribution in [1.29, 1.82) is 0 Å². The van der Waals surface area contributed by atoms with Crippen LogP contribution in [0.1, 0.15) is 31.5 Å². The topological polar surface area (TPSA) is 79.3 Å². The summed E-state index contributed by atoms with van der Waals surface area (Å²) in [6, 6.07) is -0.878. The third-order valence-corrected chi connectivity index (χ3v) is 4.36. The molecule has 0 saturated heterocycles.